The van der Waals surface area contributed by atoms with Crippen molar-refractivity contribution in [3.63, 3.8) is 0 Å². The lowest BCUT2D eigenvalue weighted by Crippen LogP contribution is -2.13. The Morgan fingerprint density at radius 1 is 1.04 bits per heavy atom. The minimum atomic E-state index is -1.56. The maximum atomic E-state index is 12.8. The van der Waals surface area contributed by atoms with Crippen LogP contribution in [0.2, 0.25) is 5.02 Å². The van der Waals surface area contributed by atoms with Gasteiger partial charge in [0, 0.05) is 11.8 Å². The summed E-state index contributed by atoms with van der Waals surface area (Å²) in [6, 6.07) is 17.9. The van der Waals surface area contributed by atoms with Crippen LogP contribution in [0.15, 0.2) is 71.8 Å². The molecule has 0 spiro atoms. The minimum absolute atomic E-state index is 0.0135. The molecule has 144 valence electrons. The number of hydrogen-bond acceptors (Lipinski definition) is 3. The van der Waals surface area contributed by atoms with Gasteiger partial charge in [-0.3, -0.25) is 9.52 Å². The average Bonchev–Trinajstić information content (AvgIpc) is 2.68. The van der Waals surface area contributed by atoms with Gasteiger partial charge in [0.2, 0.25) is 5.78 Å². The standard InChI is InChI=1S/C22H21ClN2O2S/c1-22(2,3)16-9-11-18(12-10-16)28(27)25-19-13-17(23)14-24-20(19)21(26)15-7-5-4-6-8-15/h4-14,25H,1-3H3. The van der Waals surface area contributed by atoms with Crippen LogP contribution in [0, 0.1) is 0 Å². The molecule has 0 saturated carbocycles. The molecule has 3 rings (SSSR count). The van der Waals surface area contributed by atoms with Crippen molar-refractivity contribution in [3.05, 3.63) is 88.7 Å². The monoisotopic (exact) mass is 412 g/mol. The molecule has 0 fully saturated rings. The number of pyridine rings is 1. The molecule has 1 atom stereocenters. The number of nitrogens with one attached hydrogen (secondary N) is 1. The summed E-state index contributed by atoms with van der Waals surface area (Å²) in [5.74, 6) is -0.264. The number of benzene rings is 2. The Morgan fingerprint density at radius 3 is 2.29 bits per heavy atom. The molecule has 6 heteroatoms. The summed E-state index contributed by atoms with van der Waals surface area (Å²) in [4.78, 5) is 17.6. The van der Waals surface area contributed by atoms with Gasteiger partial charge < -0.3 is 0 Å². The number of nitrogens with zero attached hydrogens (tertiary/aromatic N) is 1. The van der Waals surface area contributed by atoms with Gasteiger partial charge in [-0.15, -0.1) is 0 Å². The molecule has 1 heterocycles. The minimum Gasteiger partial charge on any atom is -0.299 e. The van der Waals surface area contributed by atoms with Gasteiger partial charge in [-0.2, -0.15) is 0 Å². The first kappa shape index (κ1) is 20.2. The highest BCUT2D eigenvalue weighted by atomic mass is 35.5. The molecular formula is C22H21ClN2O2S. The topological polar surface area (TPSA) is 59.1 Å². The molecular weight excluding hydrogens is 392 g/mol. The van der Waals surface area contributed by atoms with Gasteiger partial charge in [0.05, 0.1) is 15.6 Å². The number of halogens is 1. The van der Waals surface area contributed by atoms with Crippen LogP contribution in [0.5, 0.6) is 0 Å². The fourth-order valence-electron chi connectivity index (χ4n) is 2.66. The predicted octanol–water partition coefficient (Wildman–Crippen LogP) is 5.40. The normalized spacial score (nSPS) is 12.4. The van der Waals surface area contributed by atoms with Gasteiger partial charge in [0.15, 0.2) is 0 Å². The van der Waals surface area contributed by atoms with E-state index in [2.05, 4.69) is 30.5 Å². The van der Waals surface area contributed by atoms with Crippen molar-refractivity contribution < 1.29 is 9.00 Å². The van der Waals surface area contributed by atoms with E-state index in [4.69, 9.17) is 11.6 Å². The smallest absolute Gasteiger partial charge is 0.213 e. The second kappa shape index (κ2) is 8.25. The highest BCUT2D eigenvalue weighted by Crippen LogP contribution is 2.25. The maximum Gasteiger partial charge on any atom is 0.213 e. The van der Waals surface area contributed by atoms with Gasteiger partial charge >= 0.3 is 0 Å². The fourth-order valence-corrected chi connectivity index (χ4v) is 3.68. The molecule has 2 aromatic carbocycles. The molecule has 0 amide bonds. The Morgan fingerprint density at radius 2 is 1.68 bits per heavy atom. The molecule has 0 aliphatic rings. The lowest BCUT2D eigenvalue weighted by atomic mass is 9.87. The van der Waals surface area contributed by atoms with E-state index in [0.29, 0.717) is 21.2 Å². The maximum absolute atomic E-state index is 12.8. The number of anilines is 1. The van der Waals surface area contributed by atoms with Crippen LogP contribution in [0.4, 0.5) is 5.69 Å². The highest BCUT2D eigenvalue weighted by Gasteiger charge is 2.18. The molecule has 4 nitrogen and oxygen atoms in total. The van der Waals surface area contributed by atoms with Crippen LogP contribution < -0.4 is 4.72 Å². The molecule has 1 unspecified atom stereocenters. The fraction of sp³-hybridized carbons (Fsp3) is 0.182. The van der Waals surface area contributed by atoms with E-state index < -0.39 is 11.0 Å². The zero-order chi connectivity index (χ0) is 20.3. The zero-order valence-corrected chi connectivity index (χ0v) is 17.5. The summed E-state index contributed by atoms with van der Waals surface area (Å²) < 4.78 is 15.7. The van der Waals surface area contributed by atoms with Gasteiger partial charge in [0.25, 0.3) is 0 Å². The average molecular weight is 413 g/mol. The Balaban J connectivity index is 1.89. The molecule has 0 aliphatic carbocycles. The van der Waals surface area contributed by atoms with Crippen LogP contribution in [0.25, 0.3) is 0 Å². The zero-order valence-electron chi connectivity index (χ0n) is 15.9. The lowest BCUT2D eigenvalue weighted by molar-refractivity contribution is 0.103. The number of rotatable bonds is 5. The Labute approximate surface area is 172 Å². The first-order valence-electron chi connectivity index (χ1n) is 8.80. The van der Waals surface area contributed by atoms with Crippen LogP contribution in [0.3, 0.4) is 0 Å². The van der Waals surface area contributed by atoms with E-state index in [1.54, 1.807) is 30.3 Å². The van der Waals surface area contributed by atoms with E-state index in [-0.39, 0.29) is 16.9 Å². The van der Waals surface area contributed by atoms with Crippen LogP contribution in [-0.4, -0.2) is 15.0 Å². The predicted molar refractivity (Wildman–Crippen MR) is 114 cm³/mol. The number of hydrogen-bond donors (Lipinski definition) is 1. The molecule has 1 N–H and O–H groups in total. The highest BCUT2D eigenvalue weighted by molar-refractivity contribution is 7.86. The molecule has 0 bridgehead atoms. The summed E-state index contributed by atoms with van der Waals surface area (Å²) in [7, 11) is -1.56. The quantitative estimate of drug-likeness (QED) is 0.571. The second-order valence-corrected chi connectivity index (χ2v) is 9.04. The third-order valence-electron chi connectivity index (χ3n) is 4.24. The molecule has 28 heavy (non-hydrogen) atoms. The number of carbonyl (C=O) groups is 1. The van der Waals surface area contributed by atoms with E-state index in [0.717, 1.165) is 5.56 Å². The van der Waals surface area contributed by atoms with E-state index in [1.165, 1.54) is 6.20 Å². The molecule has 0 aliphatic heterocycles. The van der Waals surface area contributed by atoms with Gasteiger partial charge in [0.1, 0.15) is 16.7 Å². The van der Waals surface area contributed by atoms with Crippen LogP contribution in [-0.2, 0) is 16.4 Å². The number of carbonyl (C=O) groups excluding carboxylic acids is 1. The van der Waals surface area contributed by atoms with Crippen molar-refractivity contribution in [1.82, 2.24) is 4.98 Å². The van der Waals surface area contributed by atoms with Crippen molar-refractivity contribution in [2.24, 2.45) is 0 Å². The van der Waals surface area contributed by atoms with Crippen molar-refractivity contribution in [1.29, 1.82) is 0 Å². The first-order valence-corrected chi connectivity index (χ1v) is 10.3. The van der Waals surface area contributed by atoms with E-state index in [9.17, 15) is 9.00 Å². The lowest BCUT2D eigenvalue weighted by Gasteiger charge is -2.19. The molecule has 3 aromatic rings. The van der Waals surface area contributed by atoms with Gasteiger partial charge in [-0.05, 0) is 29.2 Å². The summed E-state index contributed by atoms with van der Waals surface area (Å²) in [6.07, 6.45) is 1.41. The van der Waals surface area contributed by atoms with Crippen LogP contribution in [0.1, 0.15) is 42.4 Å². The summed E-state index contributed by atoms with van der Waals surface area (Å²) in [5.41, 5.74) is 2.17. The number of aromatic nitrogens is 1. The summed E-state index contributed by atoms with van der Waals surface area (Å²) >= 11 is 6.06. The van der Waals surface area contributed by atoms with Crippen molar-refractivity contribution in [2.75, 3.05) is 4.72 Å². The molecule has 1 aromatic heterocycles. The first-order chi connectivity index (χ1) is 13.3. The second-order valence-electron chi connectivity index (χ2n) is 7.39. The van der Waals surface area contributed by atoms with Crippen LogP contribution >= 0.6 is 11.6 Å². The van der Waals surface area contributed by atoms with Gasteiger partial charge in [-0.1, -0.05) is 74.8 Å². The largest absolute Gasteiger partial charge is 0.299 e. The molecule has 0 radical (unpaired) electrons. The van der Waals surface area contributed by atoms with Crippen molar-refractivity contribution in [3.8, 4) is 0 Å². The van der Waals surface area contributed by atoms with E-state index >= 15 is 0 Å². The van der Waals surface area contributed by atoms with Crippen molar-refractivity contribution in [2.45, 2.75) is 31.1 Å². The summed E-state index contributed by atoms with van der Waals surface area (Å²) in [6.45, 7) is 6.36. The molecule has 0 saturated heterocycles. The van der Waals surface area contributed by atoms with Crippen molar-refractivity contribution >= 4 is 34.1 Å². The third-order valence-corrected chi connectivity index (χ3v) is 5.55. The summed E-state index contributed by atoms with van der Waals surface area (Å²) in [5, 5.41) is 0.354. The third kappa shape index (κ3) is 4.66. The number of ketones is 1. The van der Waals surface area contributed by atoms with E-state index in [1.807, 2.05) is 30.3 Å². The Hall–Kier alpha value is -2.50. The van der Waals surface area contributed by atoms with Gasteiger partial charge in [-0.25, -0.2) is 9.19 Å². The Kier molecular flexibility index (Phi) is 5.96. The SMILES string of the molecule is CC(C)(C)c1ccc(S(=O)Nc2cc(Cl)cnc2C(=O)c2ccccc2)cc1. The Bertz CT molecular complexity index is 1010.